The van der Waals surface area contributed by atoms with E-state index in [0.717, 1.165) is 28.3 Å². The Morgan fingerprint density at radius 2 is 0.733 bits per heavy atom. The van der Waals surface area contributed by atoms with Crippen LogP contribution in [-0.2, 0) is 0 Å². The molecule has 2 nitrogen and oxygen atoms in total. The van der Waals surface area contributed by atoms with Crippen LogP contribution in [0.5, 0.6) is 0 Å². The SMILES string of the molecule is c1ccc(-c2ccc(N(c3ccc(-c4cccc5ccccc45)cc3)c3ccc(-c4ccccc4-n4c5ccccc5c5ccccc54)c(-c4ccccc4)c3)cc2)cc1. The minimum atomic E-state index is 1.08. The number of aromatic nitrogens is 1. The number of anilines is 3. The van der Waals surface area contributed by atoms with E-state index >= 15 is 0 Å². The average molecular weight is 765 g/mol. The molecule has 0 saturated heterocycles. The predicted octanol–water partition coefficient (Wildman–Crippen LogP) is 16.1. The van der Waals surface area contributed by atoms with Gasteiger partial charge in [-0.2, -0.15) is 0 Å². The molecule has 0 atom stereocenters. The second-order valence-electron chi connectivity index (χ2n) is 15.3. The molecule has 0 N–H and O–H groups in total. The molecule has 1 heterocycles. The molecule has 10 aromatic carbocycles. The minimum absolute atomic E-state index is 1.08. The third-order valence-electron chi connectivity index (χ3n) is 11.8. The Morgan fingerprint density at radius 1 is 0.267 bits per heavy atom. The molecule has 11 rings (SSSR count). The van der Waals surface area contributed by atoms with Gasteiger partial charge in [-0.05, 0) is 104 Å². The normalized spacial score (nSPS) is 11.3. The molecule has 60 heavy (non-hydrogen) atoms. The number of benzene rings is 10. The highest BCUT2D eigenvalue weighted by atomic mass is 15.1. The molecule has 0 aliphatic rings. The molecule has 0 aliphatic heterocycles. The minimum Gasteiger partial charge on any atom is -0.310 e. The summed E-state index contributed by atoms with van der Waals surface area (Å²) in [6.45, 7) is 0. The first kappa shape index (κ1) is 35.2. The van der Waals surface area contributed by atoms with Crippen molar-refractivity contribution in [1.29, 1.82) is 0 Å². The molecular weight excluding hydrogens is 725 g/mol. The third-order valence-corrected chi connectivity index (χ3v) is 11.8. The lowest BCUT2D eigenvalue weighted by atomic mass is 9.92. The van der Waals surface area contributed by atoms with Crippen molar-refractivity contribution in [2.45, 2.75) is 0 Å². The van der Waals surface area contributed by atoms with E-state index in [0.29, 0.717) is 0 Å². The summed E-state index contributed by atoms with van der Waals surface area (Å²) >= 11 is 0. The zero-order valence-corrected chi connectivity index (χ0v) is 33.0. The quantitative estimate of drug-likeness (QED) is 0.150. The van der Waals surface area contributed by atoms with E-state index in [1.54, 1.807) is 0 Å². The van der Waals surface area contributed by atoms with Crippen LogP contribution in [0.15, 0.2) is 243 Å². The van der Waals surface area contributed by atoms with Gasteiger partial charge in [-0.15, -0.1) is 0 Å². The first-order valence-corrected chi connectivity index (χ1v) is 20.6. The van der Waals surface area contributed by atoms with Crippen LogP contribution in [0, 0.1) is 0 Å². The lowest BCUT2D eigenvalue weighted by Crippen LogP contribution is -2.10. The Balaban J connectivity index is 1.09. The van der Waals surface area contributed by atoms with Gasteiger partial charge in [0, 0.05) is 33.4 Å². The highest BCUT2D eigenvalue weighted by Gasteiger charge is 2.20. The van der Waals surface area contributed by atoms with E-state index in [9.17, 15) is 0 Å². The summed E-state index contributed by atoms with van der Waals surface area (Å²) in [6, 6.07) is 87.9. The van der Waals surface area contributed by atoms with Gasteiger partial charge in [-0.3, -0.25) is 0 Å². The van der Waals surface area contributed by atoms with Gasteiger partial charge in [0.15, 0.2) is 0 Å². The predicted molar refractivity (Wildman–Crippen MR) is 255 cm³/mol. The molecule has 0 bridgehead atoms. The van der Waals surface area contributed by atoms with Gasteiger partial charge in [0.25, 0.3) is 0 Å². The van der Waals surface area contributed by atoms with Crippen molar-refractivity contribution in [3.05, 3.63) is 243 Å². The van der Waals surface area contributed by atoms with Gasteiger partial charge in [-0.25, -0.2) is 0 Å². The van der Waals surface area contributed by atoms with E-state index in [2.05, 4.69) is 252 Å². The molecule has 1 aromatic heterocycles. The van der Waals surface area contributed by atoms with Gasteiger partial charge in [0.2, 0.25) is 0 Å². The van der Waals surface area contributed by atoms with Gasteiger partial charge in [0.1, 0.15) is 0 Å². The molecule has 0 amide bonds. The molecule has 0 spiro atoms. The summed E-state index contributed by atoms with van der Waals surface area (Å²) in [5.74, 6) is 0. The van der Waals surface area contributed by atoms with Crippen LogP contribution < -0.4 is 4.90 Å². The largest absolute Gasteiger partial charge is 0.310 e. The van der Waals surface area contributed by atoms with Crippen molar-refractivity contribution in [1.82, 2.24) is 4.57 Å². The molecule has 0 unspecified atom stereocenters. The number of rotatable bonds is 8. The molecular formula is C58H40N2. The van der Waals surface area contributed by atoms with Gasteiger partial charge in [-0.1, -0.05) is 188 Å². The fourth-order valence-corrected chi connectivity index (χ4v) is 8.99. The van der Waals surface area contributed by atoms with Crippen LogP contribution in [0.3, 0.4) is 0 Å². The van der Waals surface area contributed by atoms with Crippen LogP contribution in [0.25, 0.3) is 82.8 Å². The van der Waals surface area contributed by atoms with Crippen molar-refractivity contribution in [2.24, 2.45) is 0 Å². The topological polar surface area (TPSA) is 8.17 Å². The van der Waals surface area contributed by atoms with E-state index in [1.807, 2.05) is 0 Å². The zero-order valence-electron chi connectivity index (χ0n) is 33.0. The van der Waals surface area contributed by atoms with Crippen LogP contribution in [0.2, 0.25) is 0 Å². The molecule has 11 aromatic rings. The molecule has 0 aliphatic carbocycles. The fourth-order valence-electron chi connectivity index (χ4n) is 8.99. The maximum atomic E-state index is 2.43. The number of hydrogen-bond acceptors (Lipinski definition) is 1. The van der Waals surface area contributed by atoms with Crippen LogP contribution in [0.1, 0.15) is 0 Å². The van der Waals surface area contributed by atoms with Gasteiger partial charge >= 0.3 is 0 Å². The summed E-state index contributed by atoms with van der Waals surface area (Å²) in [4.78, 5) is 2.39. The summed E-state index contributed by atoms with van der Waals surface area (Å²) in [7, 11) is 0. The van der Waals surface area contributed by atoms with E-state index < -0.39 is 0 Å². The summed E-state index contributed by atoms with van der Waals surface area (Å²) in [5, 5.41) is 5.00. The first-order chi connectivity index (χ1) is 29.8. The van der Waals surface area contributed by atoms with Crippen molar-refractivity contribution < 1.29 is 0 Å². The van der Waals surface area contributed by atoms with Crippen molar-refractivity contribution in [2.75, 3.05) is 4.90 Å². The number of para-hydroxylation sites is 3. The Morgan fingerprint density at radius 3 is 1.42 bits per heavy atom. The van der Waals surface area contributed by atoms with Crippen molar-refractivity contribution >= 4 is 49.6 Å². The second-order valence-corrected chi connectivity index (χ2v) is 15.3. The monoisotopic (exact) mass is 764 g/mol. The van der Waals surface area contributed by atoms with Gasteiger partial charge in [0.05, 0.1) is 16.7 Å². The van der Waals surface area contributed by atoms with Gasteiger partial charge < -0.3 is 9.47 Å². The Bertz CT molecular complexity index is 3230. The van der Waals surface area contributed by atoms with E-state index in [-0.39, 0.29) is 0 Å². The summed E-state index contributed by atoms with van der Waals surface area (Å²) in [6.07, 6.45) is 0. The molecule has 0 saturated carbocycles. The molecule has 0 fully saturated rings. The first-order valence-electron chi connectivity index (χ1n) is 20.6. The summed E-state index contributed by atoms with van der Waals surface area (Å²) < 4.78 is 2.43. The maximum Gasteiger partial charge on any atom is 0.0541 e. The number of hydrogen-bond donors (Lipinski definition) is 0. The Kier molecular flexibility index (Phi) is 8.87. The molecule has 2 heteroatoms. The Labute approximate surface area is 350 Å². The van der Waals surface area contributed by atoms with E-state index in [4.69, 9.17) is 0 Å². The fraction of sp³-hybridized carbons (Fsp3) is 0. The second kappa shape index (κ2) is 15.1. The van der Waals surface area contributed by atoms with Crippen molar-refractivity contribution in [3.63, 3.8) is 0 Å². The summed E-state index contributed by atoms with van der Waals surface area (Å²) in [5.41, 5.74) is 16.3. The third kappa shape index (κ3) is 6.23. The van der Waals surface area contributed by atoms with Crippen LogP contribution in [0.4, 0.5) is 17.1 Å². The molecule has 282 valence electrons. The lowest BCUT2D eigenvalue weighted by Gasteiger charge is -2.27. The average Bonchev–Trinajstić information content (AvgIpc) is 3.67. The van der Waals surface area contributed by atoms with E-state index in [1.165, 1.54) is 71.5 Å². The smallest absolute Gasteiger partial charge is 0.0541 e. The number of fused-ring (bicyclic) bond motifs is 4. The standard InChI is InChI=1S/C58H40N2/c1-3-16-41(17-4-1)42-30-34-46(35-31-42)59(47-36-32-45(33-37-47)50-26-15-21-43-20-7-8-22-49(43)50)48-38-39-51(55(40-48)44-18-5-2-6-19-44)52-23-9-12-27-56(52)60-57-28-13-10-24-53(57)54-25-11-14-29-58(54)60/h1-40H. The highest BCUT2D eigenvalue weighted by molar-refractivity contribution is 6.10. The van der Waals surface area contributed by atoms with Crippen molar-refractivity contribution in [3.8, 4) is 50.2 Å². The highest BCUT2D eigenvalue weighted by Crippen LogP contribution is 2.44. The molecule has 0 radical (unpaired) electrons. The zero-order chi connectivity index (χ0) is 39.8. The lowest BCUT2D eigenvalue weighted by molar-refractivity contribution is 1.18. The van der Waals surface area contributed by atoms with Crippen LogP contribution >= 0.6 is 0 Å². The Hall–Kier alpha value is -7.94. The maximum absolute atomic E-state index is 2.43. The number of nitrogens with zero attached hydrogens (tertiary/aromatic N) is 2. The van der Waals surface area contributed by atoms with Crippen LogP contribution in [-0.4, -0.2) is 4.57 Å².